The van der Waals surface area contributed by atoms with Crippen LogP contribution in [-0.2, 0) is 42.9 Å². The van der Waals surface area contributed by atoms with Crippen LogP contribution in [0.3, 0.4) is 0 Å². The highest BCUT2D eigenvalue weighted by Crippen LogP contribution is 1.91. The third-order valence-corrected chi connectivity index (χ3v) is 3.68. The maximum absolute atomic E-state index is 11.7. The van der Waals surface area contributed by atoms with Crippen molar-refractivity contribution in [3.63, 3.8) is 0 Å². The van der Waals surface area contributed by atoms with Gasteiger partial charge in [0.25, 0.3) is 0 Å². The lowest BCUT2D eigenvalue weighted by Crippen LogP contribution is -2.38. The summed E-state index contributed by atoms with van der Waals surface area (Å²) < 4.78 is 20.7. The molecule has 0 heterocycles. The fourth-order valence-corrected chi connectivity index (χ4v) is 2.19. The van der Waals surface area contributed by atoms with Crippen molar-refractivity contribution in [1.82, 2.24) is 16.0 Å². The summed E-state index contributed by atoms with van der Waals surface area (Å²) in [5.74, 6) is -2.38. The molecule has 0 rings (SSSR count). The molecule has 3 amide bonds. The second-order valence-corrected chi connectivity index (χ2v) is 6.88. The Hall–Kier alpha value is -2.87. The molecule has 0 aliphatic rings. The predicted octanol–water partition coefficient (Wildman–Crippen LogP) is -1.59. The summed E-state index contributed by atoms with van der Waals surface area (Å²) in [5.41, 5.74) is 0. The zero-order chi connectivity index (χ0) is 25.6. The van der Waals surface area contributed by atoms with Crippen molar-refractivity contribution in [3.8, 4) is 0 Å². The molecule has 1 atom stereocenters. The summed E-state index contributed by atoms with van der Waals surface area (Å²) in [6, 6.07) is -1.19. The fraction of sp³-hybridized carbons (Fsp3) is 0.667. The van der Waals surface area contributed by atoms with E-state index in [1.54, 1.807) is 0 Å². The Labute approximate surface area is 198 Å². The minimum Gasteiger partial charge on any atom is -0.479 e. The predicted molar refractivity (Wildman–Crippen MR) is 119 cm³/mol. The average molecular weight is 490 g/mol. The van der Waals surface area contributed by atoms with Crippen LogP contribution < -0.4 is 16.0 Å². The van der Waals surface area contributed by atoms with E-state index < -0.39 is 17.9 Å². The first kappa shape index (κ1) is 31.1. The molecular weight excluding hydrogens is 454 g/mol. The summed E-state index contributed by atoms with van der Waals surface area (Å²) in [6.45, 7) is 4.79. The molecule has 4 N–H and O–H groups in total. The van der Waals surface area contributed by atoms with Crippen molar-refractivity contribution in [1.29, 1.82) is 0 Å². The van der Waals surface area contributed by atoms with Gasteiger partial charge in [0.05, 0.1) is 39.6 Å². The highest BCUT2D eigenvalue weighted by molar-refractivity contribution is 5.84. The number of rotatable bonds is 21. The van der Waals surface area contributed by atoms with Gasteiger partial charge in [-0.1, -0.05) is 12.2 Å². The third kappa shape index (κ3) is 21.0. The first-order chi connectivity index (χ1) is 16.2. The Morgan fingerprint density at radius 3 is 1.82 bits per heavy atom. The lowest BCUT2D eigenvalue weighted by Gasteiger charge is -2.09. The van der Waals surface area contributed by atoms with Crippen LogP contribution >= 0.6 is 0 Å². The molecule has 0 aromatic carbocycles. The largest absolute Gasteiger partial charge is 0.479 e. The molecule has 0 aliphatic carbocycles. The first-order valence-electron chi connectivity index (χ1n) is 10.7. The normalized spacial score (nSPS) is 11.7. The molecule has 13 heteroatoms. The standard InChI is InChI=1S/C21H35N3O10/c1-16(25)14-33-12-10-32-9-7-23-20(28)15-34-13-11-31-8-6-22-19(27)5-3-4-18(21(29)30)24-17(2)26/h3-4,18H,5-15H2,1-2H3,(H,22,27)(H,23,28)(H,24,26)(H,29,30)/b4-3+/t18-/m0/s1. The van der Waals surface area contributed by atoms with E-state index in [4.69, 9.17) is 24.1 Å². The summed E-state index contributed by atoms with van der Waals surface area (Å²) in [7, 11) is 0. The molecule has 0 saturated carbocycles. The second-order valence-electron chi connectivity index (χ2n) is 6.88. The summed E-state index contributed by atoms with van der Waals surface area (Å²) in [4.78, 5) is 55.8. The van der Waals surface area contributed by atoms with Gasteiger partial charge < -0.3 is 40.0 Å². The monoisotopic (exact) mass is 489 g/mol. The van der Waals surface area contributed by atoms with Crippen molar-refractivity contribution in [2.75, 3.05) is 65.9 Å². The number of hydrogen-bond donors (Lipinski definition) is 4. The first-order valence-corrected chi connectivity index (χ1v) is 10.7. The van der Waals surface area contributed by atoms with E-state index in [2.05, 4.69) is 16.0 Å². The average Bonchev–Trinajstić information content (AvgIpc) is 2.76. The number of ether oxygens (including phenoxy) is 4. The van der Waals surface area contributed by atoms with E-state index in [0.717, 1.165) is 0 Å². The van der Waals surface area contributed by atoms with E-state index >= 15 is 0 Å². The van der Waals surface area contributed by atoms with E-state index in [1.165, 1.54) is 26.0 Å². The number of ketones is 1. The van der Waals surface area contributed by atoms with E-state index in [-0.39, 0.29) is 63.6 Å². The molecule has 13 nitrogen and oxygen atoms in total. The topological polar surface area (TPSA) is 179 Å². The number of aliphatic carboxylic acids is 1. The van der Waals surface area contributed by atoms with Crippen LogP contribution in [0.15, 0.2) is 12.2 Å². The van der Waals surface area contributed by atoms with Crippen molar-refractivity contribution in [2.45, 2.75) is 26.3 Å². The van der Waals surface area contributed by atoms with Crippen LogP contribution in [0.5, 0.6) is 0 Å². The van der Waals surface area contributed by atoms with Crippen molar-refractivity contribution in [3.05, 3.63) is 12.2 Å². The van der Waals surface area contributed by atoms with Crippen LogP contribution in [0.25, 0.3) is 0 Å². The Morgan fingerprint density at radius 2 is 1.29 bits per heavy atom. The fourth-order valence-electron chi connectivity index (χ4n) is 2.19. The van der Waals surface area contributed by atoms with Crippen molar-refractivity contribution in [2.24, 2.45) is 0 Å². The van der Waals surface area contributed by atoms with Crippen LogP contribution in [-0.4, -0.2) is 107 Å². The number of carboxylic acid groups (broad SMARTS) is 1. The van der Waals surface area contributed by atoms with Crippen LogP contribution in [0.1, 0.15) is 20.3 Å². The zero-order valence-corrected chi connectivity index (χ0v) is 19.6. The number of carboxylic acids is 1. The number of carbonyl (C=O) groups excluding carboxylic acids is 4. The van der Waals surface area contributed by atoms with E-state index in [9.17, 15) is 24.0 Å². The third-order valence-electron chi connectivity index (χ3n) is 3.68. The van der Waals surface area contributed by atoms with Crippen LogP contribution in [0.2, 0.25) is 0 Å². The minimum atomic E-state index is -1.22. The smallest absolute Gasteiger partial charge is 0.330 e. The maximum Gasteiger partial charge on any atom is 0.330 e. The molecule has 0 saturated heterocycles. The van der Waals surface area contributed by atoms with Gasteiger partial charge >= 0.3 is 5.97 Å². The second kappa shape index (κ2) is 20.7. The molecule has 0 aliphatic heterocycles. The number of amides is 3. The summed E-state index contributed by atoms with van der Waals surface area (Å²) in [6.07, 6.45) is 2.55. The Bertz CT molecular complexity index is 669. The molecule has 0 bridgehead atoms. The highest BCUT2D eigenvalue weighted by Gasteiger charge is 2.14. The van der Waals surface area contributed by atoms with Crippen LogP contribution in [0, 0.1) is 0 Å². The molecule has 0 fully saturated rings. The zero-order valence-electron chi connectivity index (χ0n) is 19.6. The van der Waals surface area contributed by atoms with Gasteiger partial charge in [0.2, 0.25) is 17.7 Å². The molecule has 34 heavy (non-hydrogen) atoms. The van der Waals surface area contributed by atoms with Gasteiger partial charge in [-0.3, -0.25) is 19.2 Å². The summed E-state index contributed by atoms with van der Waals surface area (Å²) in [5, 5.41) is 16.4. The molecule has 194 valence electrons. The minimum absolute atomic E-state index is 0.0414. The Balaban J connectivity index is 3.56. The quantitative estimate of drug-likeness (QED) is 0.108. The SMILES string of the molecule is CC(=O)COCCOCCNC(=O)COCCOCCNC(=O)C/C=C/[C@H](NC(C)=O)C(=O)O. The Kier molecular flexibility index (Phi) is 19.0. The van der Waals surface area contributed by atoms with Gasteiger partial charge in [0.15, 0.2) is 5.78 Å². The number of nitrogens with one attached hydrogen (secondary N) is 3. The number of hydrogen-bond acceptors (Lipinski definition) is 9. The molecule has 0 aromatic rings. The van der Waals surface area contributed by atoms with Gasteiger partial charge in [-0.2, -0.15) is 0 Å². The van der Waals surface area contributed by atoms with Crippen molar-refractivity contribution < 1.29 is 48.0 Å². The van der Waals surface area contributed by atoms with Crippen molar-refractivity contribution >= 4 is 29.5 Å². The van der Waals surface area contributed by atoms with E-state index in [0.29, 0.717) is 26.4 Å². The highest BCUT2D eigenvalue weighted by atomic mass is 16.5. The van der Waals surface area contributed by atoms with Gasteiger partial charge in [0.1, 0.15) is 19.3 Å². The van der Waals surface area contributed by atoms with Gasteiger partial charge in [-0.25, -0.2) is 4.79 Å². The molecule has 0 radical (unpaired) electrons. The number of Topliss-reactive ketones (excluding diaryl/α,β-unsaturated/α-hetero) is 1. The Morgan fingerprint density at radius 1 is 0.765 bits per heavy atom. The van der Waals surface area contributed by atoms with E-state index in [1.807, 2.05) is 0 Å². The molecule has 0 unspecified atom stereocenters. The lowest BCUT2D eigenvalue weighted by molar-refractivity contribution is -0.140. The summed E-state index contributed by atoms with van der Waals surface area (Å²) >= 11 is 0. The lowest BCUT2D eigenvalue weighted by atomic mass is 10.2. The maximum atomic E-state index is 11.7. The molecule has 0 aromatic heterocycles. The molecule has 0 spiro atoms. The van der Waals surface area contributed by atoms with Gasteiger partial charge in [0, 0.05) is 26.4 Å². The number of carbonyl (C=O) groups is 5. The molecular formula is C21H35N3O10. The van der Waals surface area contributed by atoms with Gasteiger partial charge in [-0.15, -0.1) is 0 Å². The van der Waals surface area contributed by atoms with Gasteiger partial charge in [-0.05, 0) is 6.92 Å². The van der Waals surface area contributed by atoms with Crippen LogP contribution in [0.4, 0.5) is 0 Å².